The van der Waals surface area contributed by atoms with Crippen LogP contribution in [0.2, 0.25) is 0 Å². The van der Waals surface area contributed by atoms with Crippen LogP contribution in [0.3, 0.4) is 0 Å². The molecule has 0 aromatic heterocycles. The van der Waals surface area contributed by atoms with Crippen molar-refractivity contribution in [3.8, 4) is 0 Å². The summed E-state index contributed by atoms with van der Waals surface area (Å²) in [6.45, 7) is 7.88. The van der Waals surface area contributed by atoms with Crippen LogP contribution in [0.4, 0.5) is 0 Å². The SMILES string of the molecule is CC[C@H](C(=O)OC(C)(C)C)N1CC(S)CC1=O. The molecule has 1 amide bonds. The molecule has 1 aliphatic heterocycles. The van der Waals surface area contributed by atoms with Crippen LogP contribution in [-0.4, -0.2) is 40.2 Å². The number of carbonyl (C=O) groups excluding carboxylic acids is 2. The molecular weight excluding hydrogens is 238 g/mol. The molecule has 1 aliphatic rings. The Hall–Kier alpha value is -0.710. The van der Waals surface area contributed by atoms with Crippen LogP contribution in [0, 0.1) is 0 Å². The van der Waals surface area contributed by atoms with Gasteiger partial charge in [-0.2, -0.15) is 12.6 Å². The first kappa shape index (κ1) is 14.4. The summed E-state index contributed by atoms with van der Waals surface area (Å²) in [6, 6.07) is -0.473. The van der Waals surface area contributed by atoms with Gasteiger partial charge in [-0.15, -0.1) is 0 Å². The summed E-state index contributed by atoms with van der Waals surface area (Å²) >= 11 is 4.28. The highest BCUT2D eigenvalue weighted by molar-refractivity contribution is 7.81. The number of thiol groups is 1. The number of esters is 1. The fourth-order valence-electron chi connectivity index (χ4n) is 1.90. The highest BCUT2D eigenvalue weighted by Gasteiger charge is 2.37. The van der Waals surface area contributed by atoms with Crippen molar-refractivity contribution >= 4 is 24.5 Å². The van der Waals surface area contributed by atoms with Crippen LogP contribution in [-0.2, 0) is 14.3 Å². The van der Waals surface area contributed by atoms with E-state index in [1.54, 1.807) is 4.90 Å². The minimum Gasteiger partial charge on any atom is -0.458 e. The number of nitrogens with zero attached hydrogens (tertiary/aromatic N) is 1. The third kappa shape index (κ3) is 3.91. The Labute approximate surface area is 108 Å². The van der Waals surface area contributed by atoms with E-state index in [-0.39, 0.29) is 17.1 Å². The number of amides is 1. The van der Waals surface area contributed by atoms with Gasteiger partial charge in [0.2, 0.25) is 5.91 Å². The number of hydrogen-bond acceptors (Lipinski definition) is 4. The summed E-state index contributed by atoms with van der Waals surface area (Å²) in [6.07, 6.45) is 0.976. The van der Waals surface area contributed by atoms with E-state index in [9.17, 15) is 9.59 Å². The lowest BCUT2D eigenvalue weighted by Gasteiger charge is -2.29. The molecule has 1 rings (SSSR count). The average Bonchev–Trinajstić information content (AvgIpc) is 2.43. The van der Waals surface area contributed by atoms with Crippen LogP contribution in [0.15, 0.2) is 0 Å². The van der Waals surface area contributed by atoms with E-state index in [0.717, 1.165) is 0 Å². The molecule has 5 heteroatoms. The van der Waals surface area contributed by atoms with Crippen molar-refractivity contribution in [1.29, 1.82) is 0 Å². The molecule has 1 fully saturated rings. The molecule has 1 heterocycles. The van der Waals surface area contributed by atoms with Gasteiger partial charge in [0.05, 0.1) is 0 Å². The minimum atomic E-state index is -0.520. The van der Waals surface area contributed by atoms with Gasteiger partial charge in [0, 0.05) is 18.2 Å². The van der Waals surface area contributed by atoms with E-state index in [0.29, 0.717) is 19.4 Å². The van der Waals surface area contributed by atoms with E-state index in [1.807, 2.05) is 27.7 Å². The Bertz CT molecular complexity index is 311. The Morgan fingerprint density at radius 1 is 1.59 bits per heavy atom. The van der Waals surface area contributed by atoms with Gasteiger partial charge in [-0.1, -0.05) is 6.92 Å². The van der Waals surface area contributed by atoms with Crippen molar-refractivity contribution in [3.05, 3.63) is 0 Å². The Kier molecular flexibility index (Phi) is 4.47. The molecule has 0 aliphatic carbocycles. The second-order valence-corrected chi connectivity index (χ2v) is 6.09. The summed E-state index contributed by atoms with van der Waals surface area (Å²) < 4.78 is 5.33. The van der Waals surface area contributed by atoms with Gasteiger partial charge in [0.1, 0.15) is 11.6 Å². The molecule has 0 bridgehead atoms. The van der Waals surface area contributed by atoms with Crippen molar-refractivity contribution in [1.82, 2.24) is 4.90 Å². The number of carbonyl (C=O) groups is 2. The first-order chi connectivity index (χ1) is 7.74. The first-order valence-electron chi connectivity index (χ1n) is 5.95. The normalized spacial score (nSPS) is 22.8. The number of ether oxygens (including phenoxy) is 1. The fraction of sp³-hybridized carbons (Fsp3) is 0.833. The van der Waals surface area contributed by atoms with Crippen molar-refractivity contribution in [2.75, 3.05) is 6.54 Å². The van der Waals surface area contributed by atoms with Gasteiger partial charge >= 0.3 is 5.97 Å². The molecular formula is C12H21NO3S. The molecule has 0 aromatic rings. The lowest BCUT2D eigenvalue weighted by molar-refractivity contribution is -0.163. The second-order valence-electron chi connectivity index (χ2n) is 5.36. The maximum atomic E-state index is 12.0. The number of rotatable bonds is 3. The largest absolute Gasteiger partial charge is 0.458 e. The molecule has 0 radical (unpaired) electrons. The van der Waals surface area contributed by atoms with E-state index >= 15 is 0 Å². The quantitative estimate of drug-likeness (QED) is 0.619. The summed E-state index contributed by atoms with van der Waals surface area (Å²) in [5.74, 6) is -0.335. The topological polar surface area (TPSA) is 46.6 Å². The predicted octanol–water partition coefficient (Wildman–Crippen LogP) is 1.64. The molecule has 0 spiro atoms. The third-order valence-electron chi connectivity index (χ3n) is 2.58. The Morgan fingerprint density at radius 3 is 2.53 bits per heavy atom. The third-order valence-corrected chi connectivity index (χ3v) is 2.93. The van der Waals surface area contributed by atoms with Gasteiger partial charge < -0.3 is 9.64 Å². The Balaban J connectivity index is 2.71. The van der Waals surface area contributed by atoms with Crippen LogP contribution in [0.5, 0.6) is 0 Å². The summed E-state index contributed by atoms with van der Waals surface area (Å²) in [4.78, 5) is 25.3. The molecule has 1 unspecified atom stereocenters. The zero-order valence-electron chi connectivity index (χ0n) is 10.9. The molecule has 1 saturated heterocycles. The molecule has 17 heavy (non-hydrogen) atoms. The standard InChI is InChI=1S/C12H21NO3S/c1-5-9(11(15)16-12(2,3)4)13-7-8(17)6-10(13)14/h8-9,17H,5-7H2,1-4H3/t8?,9-/m1/s1. The van der Waals surface area contributed by atoms with E-state index < -0.39 is 11.6 Å². The van der Waals surface area contributed by atoms with Crippen LogP contribution >= 0.6 is 12.6 Å². The van der Waals surface area contributed by atoms with Crippen LogP contribution < -0.4 is 0 Å². The van der Waals surface area contributed by atoms with Gasteiger partial charge in [-0.3, -0.25) is 4.79 Å². The van der Waals surface area contributed by atoms with Crippen molar-refractivity contribution in [2.24, 2.45) is 0 Å². The lowest BCUT2D eigenvalue weighted by atomic mass is 10.1. The first-order valence-corrected chi connectivity index (χ1v) is 6.46. The maximum Gasteiger partial charge on any atom is 0.329 e. The summed E-state index contributed by atoms with van der Waals surface area (Å²) in [5, 5.41) is 0.0268. The molecule has 4 nitrogen and oxygen atoms in total. The van der Waals surface area contributed by atoms with Crippen LogP contribution in [0.25, 0.3) is 0 Å². The average molecular weight is 259 g/mol. The zero-order chi connectivity index (χ0) is 13.2. The van der Waals surface area contributed by atoms with E-state index in [1.165, 1.54) is 0 Å². The predicted molar refractivity (Wildman–Crippen MR) is 69.0 cm³/mol. The number of hydrogen-bond donors (Lipinski definition) is 1. The van der Waals surface area contributed by atoms with Crippen molar-refractivity contribution < 1.29 is 14.3 Å². The fourth-order valence-corrected chi connectivity index (χ4v) is 2.23. The van der Waals surface area contributed by atoms with Crippen LogP contribution in [0.1, 0.15) is 40.5 Å². The van der Waals surface area contributed by atoms with E-state index in [2.05, 4.69) is 12.6 Å². The highest BCUT2D eigenvalue weighted by Crippen LogP contribution is 2.22. The van der Waals surface area contributed by atoms with Crippen molar-refractivity contribution in [2.45, 2.75) is 57.4 Å². The highest BCUT2D eigenvalue weighted by atomic mass is 32.1. The van der Waals surface area contributed by atoms with Gasteiger partial charge in [0.25, 0.3) is 0 Å². The zero-order valence-corrected chi connectivity index (χ0v) is 11.8. The van der Waals surface area contributed by atoms with E-state index in [4.69, 9.17) is 4.74 Å². The molecule has 98 valence electrons. The summed E-state index contributed by atoms with van der Waals surface area (Å²) in [7, 11) is 0. The maximum absolute atomic E-state index is 12.0. The number of likely N-dealkylation sites (tertiary alicyclic amines) is 1. The molecule has 0 saturated carbocycles. The van der Waals surface area contributed by atoms with Crippen molar-refractivity contribution in [3.63, 3.8) is 0 Å². The Morgan fingerprint density at radius 2 is 2.18 bits per heavy atom. The second kappa shape index (κ2) is 5.29. The summed E-state index contributed by atoms with van der Waals surface area (Å²) in [5.41, 5.74) is -0.520. The monoisotopic (exact) mass is 259 g/mol. The smallest absolute Gasteiger partial charge is 0.329 e. The van der Waals surface area contributed by atoms with Gasteiger partial charge in [0.15, 0.2) is 0 Å². The van der Waals surface area contributed by atoms with Gasteiger partial charge in [-0.05, 0) is 27.2 Å². The molecule has 2 atom stereocenters. The lowest BCUT2D eigenvalue weighted by Crippen LogP contribution is -2.45. The molecule has 0 N–H and O–H groups in total. The molecule has 0 aromatic carbocycles. The minimum absolute atomic E-state index is 0.0114. The van der Waals surface area contributed by atoms with Gasteiger partial charge in [-0.25, -0.2) is 4.79 Å².